The van der Waals surface area contributed by atoms with Gasteiger partial charge in [-0.3, -0.25) is 4.90 Å². The normalized spacial score (nSPS) is 18.0. The summed E-state index contributed by atoms with van der Waals surface area (Å²) in [6, 6.07) is 6.95. The summed E-state index contributed by atoms with van der Waals surface area (Å²) in [5.41, 5.74) is 10.0. The molecule has 0 amide bonds. The number of anilines is 1. The highest BCUT2D eigenvalue weighted by atomic mass is 15.2. The predicted octanol–water partition coefficient (Wildman–Crippen LogP) is 1.50. The standard InChI is InChI=1S/C16H23N5/c1-19(2)13-5-4-12-10-21(15(9-17)14(12)8-13)11-16-18-6-7-20(16)3/h4-8,15H,9-11,17H2,1-3H3. The third kappa shape index (κ3) is 2.54. The summed E-state index contributed by atoms with van der Waals surface area (Å²) < 4.78 is 2.07. The maximum Gasteiger partial charge on any atom is 0.122 e. The van der Waals surface area contributed by atoms with Crippen molar-refractivity contribution < 1.29 is 0 Å². The Morgan fingerprint density at radius 2 is 2.19 bits per heavy atom. The zero-order chi connectivity index (χ0) is 15.0. The Balaban J connectivity index is 1.87. The van der Waals surface area contributed by atoms with Gasteiger partial charge in [0.25, 0.3) is 0 Å². The van der Waals surface area contributed by atoms with E-state index in [0.29, 0.717) is 6.54 Å². The summed E-state index contributed by atoms with van der Waals surface area (Å²) in [6.45, 7) is 2.41. The SMILES string of the molecule is CN(C)c1ccc2c(c1)C(CN)N(Cc1nccn1C)C2. The number of fused-ring (bicyclic) bond motifs is 1. The van der Waals surface area contributed by atoms with Gasteiger partial charge in [-0.15, -0.1) is 0 Å². The Morgan fingerprint density at radius 1 is 1.38 bits per heavy atom. The van der Waals surface area contributed by atoms with Crippen molar-refractivity contribution in [3.8, 4) is 0 Å². The van der Waals surface area contributed by atoms with Gasteiger partial charge in [-0.1, -0.05) is 6.07 Å². The molecule has 21 heavy (non-hydrogen) atoms. The second-order valence-corrected chi connectivity index (χ2v) is 5.89. The first kappa shape index (κ1) is 14.1. The molecule has 0 saturated carbocycles. The van der Waals surface area contributed by atoms with E-state index < -0.39 is 0 Å². The summed E-state index contributed by atoms with van der Waals surface area (Å²) in [5, 5.41) is 0. The smallest absolute Gasteiger partial charge is 0.122 e. The molecule has 2 heterocycles. The number of aryl methyl sites for hydroxylation is 1. The molecule has 0 fully saturated rings. The highest BCUT2D eigenvalue weighted by Gasteiger charge is 2.30. The maximum absolute atomic E-state index is 6.05. The van der Waals surface area contributed by atoms with Gasteiger partial charge in [0, 0.05) is 58.4 Å². The Kier molecular flexibility index (Phi) is 3.69. The fraction of sp³-hybridized carbons (Fsp3) is 0.438. The third-order valence-corrected chi connectivity index (χ3v) is 4.31. The largest absolute Gasteiger partial charge is 0.378 e. The van der Waals surface area contributed by atoms with E-state index in [-0.39, 0.29) is 6.04 Å². The van der Waals surface area contributed by atoms with Crippen LogP contribution < -0.4 is 10.6 Å². The topological polar surface area (TPSA) is 50.3 Å². The van der Waals surface area contributed by atoms with Crippen molar-refractivity contribution in [3.63, 3.8) is 0 Å². The molecule has 1 unspecified atom stereocenters. The van der Waals surface area contributed by atoms with Crippen molar-refractivity contribution in [2.45, 2.75) is 19.1 Å². The molecule has 0 saturated heterocycles. The highest BCUT2D eigenvalue weighted by molar-refractivity contribution is 5.52. The molecule has 3 rings (SSSR count). The fourth-order valence-corrected chi connectivity index (χ4v) is 3.01. The summed E-state index contributed by atoms with van der Waals surface area (Å²) in [4.78, 5) is 8.97. The number of hydrogen-bond acceptors (Lipinski definition) is 4. The number of benzene rings is 1. The zero-order valence-corrected chi connectivity index (χ0v) is 13.0. The molecule has 1 aliphatic rings. The van der Waals surface area contributed by atoms with Crippen LogP contribution in [0, 0.1) is 0 Å². The average molecular weight is 285 g/mol. The van der Waals surface area contributed by atoms with Crippen LogP contribution in [-0.2, 0) is 20.1 Å². The Hall–Kier alpha value is -1.85. The van der Waals surface area contributed by atoms with Crippen LogP contribution in [0.5, 0.6) is 0 Å². The van der Waals surface area contributed by atoms with Crippen LogP contribution in [-0.4, -0.2) is 35.1 Å². The number of nitrogens with two attached hydrogens (primary N) is 1. The fourth-order valence-electron chi connectivity index (χ4n) is 3.01. The molecule has 5 heteroatoms. The van der Waals surface area contributed by atoms with E-state index in [1.807, 2.05) is 19.4 Å². The van der Waals surface area contributed by atoms with Crippen LogP contribution in [0.2, 0.25) is 0 Å². The minimum Gasteiger partial charge on any atom is -0.378 e. The first-order chi connectivity index (χ1) is 10.1. The van der Waals surface area contributed by atoms with Crippen molar-refractivity contribution in [2.75, 3.05) is 25.5 Å². The van der Waals surface area contributed by atoms with Crippen molar-refractivity contribution in [2.24, 2.45) is 12.8 Å². The van der Waals surface area contributed by atoms with Gasteiger partial charge in [-0.05, 0) is 23.3 Å². The summed E-state index contributed by atoms with van der Waals surface area (Å²) in [6.07, 6.45) is 3.83. The summed E-state index contributed by atoms with van der Waals surface area (Å²) >= 11 is 0. The summed E-state index contributed by atoms with van der Waals surface area (Å²) in [7, 11) is 6.17. The molecule has 2 N–H and O–H groups in total. The minimum absolute atomic E-state index is 0.275. The van der Waals surface area contributed by atoms with Crippen LogP contribution in [0.4, 0.5) is 5.69 Å². The van der Waals surface area contributed by atoms with E-state index in [1.54, 1.807) is 0 Å². The van der Waals surface area contributed by atoms with Gasteiger partial charge in [0.15, 0.2) is 0 Å². The van der Waals surface area contributed by atoms with E-state index in [1.165, 1.54) is 16.8 Å². The molecule has 1 aromatic carbocycles. The van der Waals surface area contributed by atoms with Crippen LogP contribution in [0.25, 0.3) is 0 Å². The summed E-state index contributed by atoms with van der Waals surface area (Å²) in [5.74, 6) is 1.08. The maximum atomic E-state index is 6.05. The molecular weight excluding hydrogens is 262 g/mol. The lowest BCUT2D eigenvalue weighted by molar-refractivity contribution is 0.203. The number of imidazole rings is 1. The molecule has 0 aliphatic carbocycles. The molecule has 2 aromatic rings. The second-order valence-electron chi connectivity index (χ2n) is 5.89. The van der Waals surface area contributed by atoms with Crippen LogP contribution in [0.3, 0.4) is 0 Å². The quantitative estimate of drug-likeness (QED) is 0.925. The Labute approximate surface area is 126 Å². The molecule has 1 atom stereocenters. The van der Waals surface area contributed by atoms with Crippen LogP contribution in [0.1, 0.15) is 23.0 Å². The average Bonchev–Trinajstić information content (AvgIpc) is 3.01. The predicted molar refractivity (Wildman–Crippen MR) is 85.0 cm³/mol. The van der Waals surface area contributed by atoms with Gasteiger partial charge in [-0.2, -0.15) is 0 Å². The van der Waals surface area contributed by atoms with Gasteiger partial charge in [0.1, 0.15) is 5.82 Å². The first-order valence-corrected chi connectivity index (χ1v) is 7.30. The van der Waals surface area contributed by atoms with Crippen LogP contribution in [0.15, 0.2) is 30.6 Å². The molecule has 0 radical (unpaired) electrons. The van der Waals surface area contributed by atoms with E-state index >= 15 is 0 Å². The third-order valence-electron chi connectivity index (χ3n) is 4.31. The number of rotatable bonds is 4. The molecule has 112 valence electrons. The lowest BCUT2D eigenvalue weighted by atomic mass is 10.0. The van der Waals surface area contributed by atoms with Crippen molar-refractivity contribution in [1.82, 2.24) is 14.5 Å². The van der Waals surface area contributed by atoms with Crippen LogP contribution >= 0.6 is 0 Å². The number of hydrogen-bond donors (Lipinski definition) is 1. The minimum atomic E-state index is 0.275. The highest BCUT2D eigenvalue weighted by Crippen LogP contribution is 2.36. The van der Waals surface area contributed by atoms with E-state index in [2.05, 4.69) is 51.6 Å². The molecule has 1 aromatic heterocycles. The molecule has 5 nitrogen and oxygen atoms in total. The lowest BCUT2D eigenvalue weighted by Crippen LogP contribution is -2.28. The van der Waals surface area contributed by atoms with Crippen molar-refractivity contribution in [3.05, 3.63) is 47.5 Å². The number of aromatic nitrogens is 2. The van der Waals surface area contributed by atoms with Gasteiger partial charge >= 0.3 is 0 Å². The molecule has 0 spiro atoms. The monoisotopic (exact) mass is 285 g/mol. The zero-order valence-electron chi connectivity index (χ0n) is 13.0. The van der Waals surface area contributed by atoms with Gasteiger partial charge in [-0.25, -0.2) is 4.98 Å². The lowest BCUT2D eigenvalue weighted by Gasteiger charge is -2.23. The van der Waals surface area contributed by atoms with Gasteiger partial charge in [0.2, 0.25) is 0 Å². The van der Waals surface area contributed by atoms with E-state index in [9.17, 15) is 0 Å². The van der Waals surface area contributed by atoms with Gasteiger partial charge < -0.3 is 15.2 Å². The van der Waals surface area contributed by atoms with Crippen molar-refractivity contribution >= 4 is 5.69 Å². The molecule has 0 bridgehead atoms. The Morgan fingerprint density at radius 3 is 2.81 bits per heavy atom. The Bertz CT molecular complexity index is 631. The van der Waals surface area contributed by atoms with E-state index in [4.69, 9.17) is 5.73 Å². The van der Waals surface area contributed by atoms with Gasteiger partial charge in [0.05, 0.1) is 6.54 Å². The first-order valence-electron chi connectivity index (χ1n) is 7.30. The second kappa shape index (κ2) is 5.50. The molecule has 1 aliphatic heterocycles. The van der Waals surface area contributed by atoms with Crippen molar-refractivity contribution in [1.29, 1.82) is 0 Å². The molecular formula is C16H23N5. The van der Waals surface area contributed by atoms with E-state index in [0.717, 1.165) is 18.9 Å². The number of nitrogens with zero attached hydrogens (tertiary/aromatic N) is 4.